The van der Waals surface area contributed by atoms with E-state index in [-0.39, 0.29) is 0 Å². The van der Waals surface area contributed by atoms with E-state index in [9.17, 15) is 4.79 Å². The largest absolute Gasteiger partial charge is 0.318 e. The second kappa shape index (κ2) is 9.62. The Morgan fingerprint density at radius 3 is 2.09 bits per heavy atom. The molecule has 2 atom stereocenters. The Morgan fingerprint density at radius 2 is 1.57 bits per heavy atom. The summed E-state index contributed by atoms with van der Waals surface area (Å²) in [7, 11) is 1.75. The Labute approximate surface area is 140 Å². The first-order valence-electron chi connectivity index (χ1n) is 7.92. The van der Waals surface area contributed by atoms with Crippen molar-refractivity contribution in [3.8, 4) is 0 Å². The number of hydrogen-bond acceptors (Lipinski definition) is 1. The Balaban J connectivity index is 0.000000231. The lowest BCUT2D eigenvalue weighted by Crippen LogP contribution is -2.14. The zero-order chi connectivity index (χ0) is 17.2. The van der Waals surface area contributed by atoms with Crippen molar-refractivity contribution in [2.45, 2.75) is 26.7 Å². The zero-order valence-corrected chi connectivity index (χ0v) is 14.6. The molecule has 0 N–H and O–H groups in total. The lowest BCUT2D eigenvalue weighted by atomic mass is 9.89. The molecule has 0 spiro atoms. The lowest BCUT2D eigenvalue weighted by molar-refractivity contribution is -0.107. The van der Waals surface area contributed by atoms with Gasteiger partial charge in [0.25, 0.3) is 0 Å². The van der Waals surface area contributed by atoms with E-state index in [0.717, 1.165) is 17.7 Å². The molecule has 2 aromatic carbocycles. The summed E-state index contributed by atoms with van der Waals surface area (Å²) in [5, 5.41) is 0. The molecule has 0 fully saturated rings. The number of rotatable bonds is 5. The summed E-state index contributed by atoms with van der Waals surface area (Å²) in [5.41, 5.74) is 3.47. The van der Waals surface area contributed by atoms with Crippen molar-refractivity contribution in [1.82, 2.24) is 0 Å². The van der Waals surface area contributed by atoms with Crippen LogP contribution in [-0.2, 0) is 4.79 Å². The van der Waals surface area contributed by atoms with Gasteiger partial charge in [0.15, 0.2) is 0 Å². The molecule has 2 rings (SSSR count). The number of aryl methyl sites for hydroxylation is 1. The smallest absolute Gasteiger partial charge is 0.213 e. The van der Waals surface area contributed by atoms with Gasteiger partial charge in [-0.1, -0.05) is 68.5 Å². The summed E-state index contributed by atoms with van der Waals surface area (Å²) >= 11 is 0. The highest BCUT2D eigenvalue weighted by Gasteiger charge is 2.09. The van der Waals surface area contributed by atoms with E-state index in [1.54, 1.807) is 11.9 Å². The molecule has 1 amide bonds. The van der Waals surface area contributed by atoms with Crippen LogP contribution in [0.1, 0.15) is 30.9 Å². The van der Waals surface area contributed by atoms with E-state index in [0.29, 0.717) is 11.8 Å². The number of para-hydroxylation sites is 1. The molecule has 0 heterocycles. The van der Waals surface area contributed by atoms with Crippen LogP contribution in [0.25, 0.3) is 0 Å². The molecule has 0 aromatic heterocycles. The minimum absolute atomic E-state index is 0.549. The number of allylic oxidation sites excluding steroid dienone is 1. The highest BCUT2D eigenvalue weighted by atomic mass is 16.1. The summed E-state index contributed by atoms with van der Waals surface area (Å²) in [6, 6.07) is 18.3. The molecule has 122 valence electrons. The fourth-order valence-electron chi connectivity index (χ4n) is 2.28. The highest BCUT2D eigenvalue weighted by Crippen LogP contribution is 2.23. The molecule has 2 heteroatoms. The Morgan fingerprint density at radius 1 is 1.00 bits per heavy atom. The molecule has 0 bridgehead atoms. The Bertz CT molecular complexity index is 606. The standard InChI is InChI=1S/C12H16.C9H11NO/c1-4-10(2)11(3)12-8-6-5-7-9-12;1-8-5-3-4-6-9(8)10(2)7-11/h4-11H,1H2,2-3H3;3-7H,1-2H3. The van der Waals surface area contributed by atoms with Crippen molar-refractivity contribution in [3.63, 3.8) is 0 Å². The molecule has 0 radical (unpaired) electrons. The topological polar surface area (TPSA) is 20.3 Å². The average molecular weight is 309 g/mol. The normalized spacial score (nSPS) is 12.3. The highest BCUT2D eigenvalue weighted by molar-refractivity contribution is 5.75. The fourth-order valence-corrected chi connectivity index (χ4v) is 2.28. The molecule has 2 nitrogen and oxygen atoms in total. The van der Waals surface area contributed by atoms with Gasteiger partial charge in [-0.05, 0) is 36.0 Å². The first-order valence-corrected chi connectivity index (χ1v) is 7.92. The number of carbonyl (C=O) groups excluding carboxylic acids is 1. The summed E-state index contributed by atoms with van der Waals surface area (Å²) < 4.78 is 0. The predicted molar refractivity (Wildman–Crippen MR) is 99.9 cm³/mol. The maximum absolute atomic E-state index is 10.4. The van der Waals surface area contributed by atoms with Gasteiger partial charge in [-0.25, -0.2) is 0 Å². The number of anilines is 1. The monoisotopic (exact) mass is 309 g/mol. The first-order chi connectivity index (χ1) is 11.0. The van der Waals surface area contributed by atoms with Crippen LogP contribution in [0, 0.1) is 12.8 Å². The Hall–Kier alpha value is -2.35. The molecule has 2 aromatic rings. The van der Waals surface area contributed by atoms with Crippen LogP contribution in [0.5, 0.6) is 0 Å². The summed E-state index contributed by atoms with van der Waals surface area (Å²) in [5.74, 6) is 1.12. The molecule has 0 aliphatic rings. The van der Waals surface area contributed by atoms with Gasteiger partial charge in [-0.2, -0.15) is 0 Å². The van der Waals surface area contributed by atoms with Crippen molar-refractivity contribution >= 4 is 12.1 Å². The van der Waals surface area contributed by atoms with Gasteiger partial charge in [-0.15, -0.1) is 6.58 Å². The van der Waals surface area contributed by atoms with E-state index in [1.165, 1.54) is 5.56 Å². The average Bonchev–Trinajstić information content (AvgIpc) is 2.61. The number of nitrogens with zero attached hydrogens (tertiary/aromatic N) is 1. The van der Waals surface area contributed by atoms with Crippen LogP contribution >= 0.6 is 0 Å². The molecule has 0 aliphatic carbocycles. The summed E-state index contributed by atoms with van der Waals surface area (Å²) in [4.78, 5) is 11.9. The third-order valence-electron chi connectivity index (χ3n) is 4.14. The summed E-state index contributed by atoms with van der Waals surface area (Å²) in [6.07, 6.45) is 2.82. The third-order valence-corrected chi connectivity index (χ3v) is 4.14. The fraction of sp³-hybridized carbons (Fsp3) is 0.286. The van der Waals surface area contributed by atoms with Crippen molar-refractivity contribution in [2.24, 2.45) is 5.92 Å². The van der Waals surface area contributed by atoms with Crippen LogP contribution in [-0.4, -0.2) is 13.5 Å². The van der Waals surface area contributed by atoms with E-state index in [2.05, 4.69) is 50.8 Å². The van der Waals surface area contributed by atoms with E-state index in [4.69, 9.17) is 0 Å². The quantitative estimate of drug-likeness (QED) is 0.549. The van der Waals surface area contributed by atoms with Crippen LogP contribution in [0.4, 0.5) is 5.69 Å². The number of benzene rings is 2. The van der Waals surface area contributed by atoms with Crippen LogP contribution < -0.4 is 4.90 Å². The van der Waals surface area contributed by atoms with E-state index in [1.807, 2.05) is 37.3 Å². The third kappa shape index (κ3) is 5.74. The number of amides is 1. The second-order valence-corrected chi connectivity index (χ2v) is 5.80. The molecule has 0 aliphatic heterocycles. The van der Waals surface area contributed by atoms with E-state index >= 15 is 0 Å². The van der Waals surface area contributed by atoms with Crippen molar-refractivity contribution in [1.29, 1.82) is 0 Å². The molecule has 0 saturated heterocycles. The maximum atomic E-state index is 10.4. The van der Waals surface area contributed by atoms with Crippen molar-refractivity contribution < 1.29 is 4.79 Å². The van der Waals surface area contributed by atoms with Gasteiger partial charge in [0.2, 0.25) is 6.41 Å². The molecule has 23 heavy (non-hydrogen) atoms. The maximum Gasteiger partial charge on any atom is 0.213 e. The van der Waals surface area contributed by atoms with Crippen LogP contribution in [0.2, 0.25) is 0 Å². The lowest BCUT2D eigenvalue weighted by Gasteiger charge is -2.16. The molecule has 0 saturated carbocycles. The van der Waals surface area contributed by atoms with Gasteiger partial charge in [-0.3, -0.25) is 4.79 Å². The number of carbonyl (C=O) groups is 1. The molecule has 2 unspecified atom stereocenters. The first kappa shape index (κ1) is 18.7. The van der Waals surface area contributed by atoms with Gasteiger partial charge in [0.05, 0.1) is 0 Å². The predicted octanol–water partition coefficient (Wildman–Crippen LogP) is 5.20. The van der Waals surface area contributed by atoms with Gasteiger partial charge in [0.1, 0.15) is 0 Å². The minimum Gasteiger partial charge on any atom is -0.318 e. The molecular formula is C21H27NO. The number of hydrogen-bond donors (Lipinski definition) is 0. The minimum atomic E-state index is 0.549. The zero-order valence-electron chi connectivity index (χ0n) is 14.6. The second-order valence-electron chi connectivity index (χ2n) is 5.80. The van der Waals surface area contributed by atoms with Crippen molar-refractivity contribution in [3.05, 3.63) is 78.4 Å². The SMILES string of the molecule is C=CC(C)C(C)c1ccccc1.Cc1ccccc1N(C)C=O. The van der Waals surface area contributed by atoms with Gasteiger partial charge >= 0.3 is 0 Å². The van der Waals surface area contributed by atoms with Gasteiger partial charge in [0, 0.05) is 12.7 Å². The van der Waals surface area contributed by atoms with Gasteiger partial charge < -0.3 is 4.90 Å². The Kier molecular flexibility index (Phi) is 7.82. The molecular weight excluding hydrogens is 282 g/mol. The van der Waals surface area contributed by atoms with E-state index < -0.39 is 0 Å². The van der Waals surface area contributed by atoms with Crippen molar-refractivity contribution in [2.75, 3.05) is 11.9 Å². The van der Waals surface area contributed by atoms with Crippen LogP contribution in [0.3, 0.4) is 0 Å². The summed E-state index contributed by atoms with van der Waals surface area (Å²) in [6.45, 7) is 10.2. The van der Waals surface area contributed by atoms with Crippen LogP contribution in [0.15, 0.2) is 67.3 Å².